The van der Waals surface area contributed by atoms with Crippen LogP contribution >= 0.6 is 0 Å². The summed E-state index contributed by atoms with van der Waals surface area (Å²) >= 11 is 2.97. The van der Waals surface area contributed by atoms with Crippen LogP contribution in [0.3, 0.4) is 0 Å². The standard InChI is InChI=1S/2C29H41.2C21H26.2C5H5.2ClH.2Zr/c2*1-26(2,3)22-14-18-13-19-15-23(27(4,5)6)25(29(10,11)12)17-21(19)20(18)16-24(22)28(7,8)9;2*1-3-5-7-18-9-13-20(14-10-18)17-21-15-11-19(12-16-21)8-6-4-2;2*1-2-4-5-3-1;;;;/h2*14,16-17H,13H2,1-12H3;2*9-16H,3-8H2,1-2H3;2*1-3H,4H2;2*1H;;/q2*-1;;;2*-1;;;2*+2/p-2. The molecule has 0 atom stereocenters. The monoisotopic (exact) mass is 1710 g/mol. The Morgan fingerprint density at radius 2 is 0.526 bits per heavy atom. The molecular weight excluding hydrogens is 1570 g/mol. The molecule has 4 heteroatoms. The van der Waals surface area contributed by atoms with Gasteiger partial charge in [0.05, 0.1) is 0 Å². The van der Waals surface area contributed by atoms with Crippen molar-refractivity contribution in [3.8, 4) is 22.3 Å². The third-order valence-corrected chi connectivity index (χ3v) is 24.7. The van der Waals surface area contributed by atoms with E-state index in [0.29, 0.717) is 0 Å². The predicted octanol–water partition coefficient (Wildman–Crippen LogP) is 24.1. The Morgan fingerprint density at radius 1 is 0.298 bits per heavy atom. The molecule has 12 rings (SSSR count). The summed E-state index contributed by atoms with van der Waals surface area (Å²) in [5, 5.41) is 0. The first-order chi connectivity index (χ1) is 52.3. The second-order valence-electron chi connectivity index (χ2n) is 40.3. The van der Waals surface area contributed by atoms with E-state index in [0.717, 1.165) is 25.7 Å². The Balaban J connectivity index is 0.000000260. The van der Waals surface area contributed by atoms with Crippen LogP contribution in [-0.2, 0) is 130 Å². The van der Waals surface area contributed by atoms with Gasteiger partial charge in [-0.2, -0.15) is 47.5 Å². The van der Waals surface area contributed by atoms with Crippen LogP contribution in [0.5, 0.6) is 0 Å². The van der Waals surface area contributed by atoms with Gasteiger partial charge in [-0.3, -0.25) is 12.2 Å². The summed E-state index contributed by atoms with van der Waals surface area (Å²) in [6.45, 7) is 65.0. The fourth-order valence-electron chi connectivity index (χ4n) is 15.1. The number of aryl methyl sites for hydroxylation is 4. The van der Waals surface area contributed by atoms with Crippen molar-refractivity contribution in [3.63, 3.8) is 0 Å². The molecule has 8 aromatic carbocycles. The van der Waals surface area contributed by atoms with Gasteiger partial charge in [0.25, 0.3) is 0 Å². The molecule has 0 heterocycles. The van der Waals surface area contributed by atoms with E-state index in [1.165, 1.54) is 265 Å². The molecule has 0 bridgehead atoms. The molecule has 8 aromatic rings. The first kappa shape index (κ1) is 99.4. The van der Waals surface area contributed by atoms with Gasteiger partial charge < -0.3 is 24.8 Å². The number of allylic oxidation sites excluding steroid dienone is 8. The molecule has 0 amide bonds. The van der Waals surface area contributed by atoms with Crippen molar-refractivity contribution in [1.82, 2.24) is 0 Å². The Labute approximate surface area is 740 Å². The Morgan fingerprint density at radius 3 is 0.711 bits per heavy atom. The SMILES string of the molecule is CC(C)(C)c1[c-]c2c(cc1C(C)(C)C)-c1cc(C(C)(C)C)c(C(C)(C)C)cc1C2.CC(C)(C)c1[c-]c2c(cc1C(C)(C)C)-c1cc(C(C)(C)C)c(C(C)(C)C)cc1C2.CCCCc1ccc([C](=[Zr+2])c2ccc(CCCC)cc2)cc1.CCCCc1ccc([C](=[Zr+2])c2ccc(CCCC)cc2)cc1.[C-]1=CC=CC1.[C-]1=CC=CC1.[Cl-].[Cl-]. The molecule has 0 unspecified atom stereocenters. The maximum atomic E-state index is 3.90. The predicted molar refractivity (Wildman–Crippen MR) is 486 cm³/mol. The molecule has 0 fully saturated rings. The van der Waals surface area contributed by atoms with E-state index in [2.05, 4.69) is 364 Å². The topological polar surface area (TPSA) is 0 Å². The third kappa shape index (κ3) is 28.5. The summed E-state index contributed by atoms with van der Waals surface area (Å²) in [6.07, 6.45) is 37.0. The molecule has 0 N–H and O–H groups in total. The van der Waals surface area contributed by atoms with Crippen molar-refractivity contribution < 1.29 is 73.3 Å². The van der Waals surface area contributed by atoms with E-state index in [1.54, 1.807) is 0 Å². The van der Waals surface area contributed by atoms with E-state index in [1.807, 2.05) is 24.3 Å². The number of benzene rings is 8. The third-order valence-electron chi connectivity index (χ3n) is 21.9. The summed E-state index contributed by atoms with van der Waals surface area (Å²) < 4.78 is 2.91. The molecule has 4 aliphatic rings. The number of fused-ring (bicyclic) bond motifs is 6. The molecule has 0 spiro atoms. The summed E-state index contributed by atoms with van der Waals surface area (Å²) in [5.74, 6) is 0. The van der Waals surface area contributed by atoms with Crippen LogP contribution in [-0.4, -0.2) is 6.41 Å². The number of hydrogen-bond acceptors (Lipinski definition) is 0. The van der Waals surface area contributed by atoms with Crippen LogP contribution in [0.25, 0.3) is 22.3 Å². The Bertz CT molecular complexity index is 3960. The van der Waals surface area contributed by atoms with Crippen LogP contribution in [0.1, 0.15) is 369 Å². The zero-order valence-electron chi connectivity index (χ0n) is 76.2. The molecular formula is C110H144Cl2Zr2-2. The van der Waals surface area contributed by atoms with Gasteiger partial charge in [-0.1, -0.05) is 212 Å². The Hall–Kier alpha value is -5.19. The maximum absolute atomic E-state index is 3.90. The normalized spacial score (nSPS) is 13.2. The van der Waals surface area contributed by atoms with Gasteiger partial charge >= 0.3 is 301 Å². The smallest absolute Gasteiger partial charge is 0.109 e. The van der Waals surface area contributed by atoms with Gasteiger partial charge in [0.15, 0.2) is 0 Å². The first-order valence-electron chi connectivity index (χ1n) is 42.8. The summed E-state index contributed by atoms with van der Waals surface area (Å²) in [5.41, 5.74) is 35.2. The first-order valence-corrected chi connectivity index (χ1v) is 45.3. The quantitative estimate of drug-likeness (QED) is 0.0846. The summed E-state index contributed by atoms with van der Waals surface area (Å²) in [7, 11) is 0. The van der Waals surface area contributed by atoms with Gasteiger partial charge in [0, 0.05) is 0 Å². The minimum Gasteiger partial charge on any atom is -1.00 e. The second-order valence-corrected chi connectivity index (χ2v) is 42.8. The number of rotatable bonds is 16. The van der Waals surface area contributed by atoms with Crippen LogP contribution in [0.2, 0.25) is 0 Å². The van der Waals surface area contributed by atoms with Gasteiger partial charge in [-0.25, -0.2) is 24.3 Å². The molecule has 0 nitrogen and oxygen atoms in total. The van der Waals surface area contributed by atoms with Crippen molar-refractivity contribution in [3.05, 3.63) is 305 Å². The minimum atomic E-state index is 0. The molecule has 0 aromatic heterocycles. The molecule has 608 valence electrons. The van der Waals surface area contributed by atoms with E-state index in [4.69, 9.17) is 0 Å². The molecule has 0 saturated heterocycles. The van der Waals surface area contributed by atoms with Crippen molar-refractivity contribution in [2.45, 2.75) is 340 Å². The van der Waals surface area contributed by atoms with Crippen LogP contribution in [0, 0.1) is 24.3 Å². The maximum Gasteiger partial charge on any atom is -0.109 e. The van der Waals surface area contributed by atoms with E-state index in [9.17, 15) is 0 Å². The average Bonchev–Trinajstić information content (AvgIpc) is 1.56. The van der Waals surface area contributed by atoms with Crippen molar-refractivity contribution in [1.29, 1.82) is 0 Å². The summed E-state index contributed by atoms with van der Waals surface area (Å²) in [6, 6.07) is 59.5. The second kappa shape index (κ2) is 43.2. The molecule has 114 heavy (non-hydrogen) atoms. The molecule has 4 aliphatic carbocycles. The van der Waals surface area contributed by atoms with Crippen molar-refractivity contribution in [2.75, 3.05) is 0 Å². The van der Waals surface area contributed by atoms with E-state index >= 15 is 0 Å². The Kier molecular flexibility index (Phi) is 37.6. The van der Waals surface area contributed by atoms with Gasteiger partial charge in [-0.15, -0.1) is 46.2 Å². The minimum absolute atomic E-state index is 0. The van der Waals surface area contributed by atoms with E-state index in [-0.39, 0.29) is 68.1 Å². The number of halogens is 2. The average molecular weight is 1720 g/mol. The van der Waals surface area contributed by atoms with Crippen molar-refractivity contribution in [2.24, 2.45) is 0 Å². The molecule has 0 aliphatic heterocycles. The van der Waals surface area contributed by atoms with Gasteiger partial charge in [0.1, 0.15) is 0 Å². The molecule has 0 saturated carbocycles. The fourth-order valence-corrected chi connectivity index (χ4v) is 16.8. The fraction of sp³-hybridized carbons (Fsp3) is 0.473. The van der Waals surface area contributed by atoms with Crippen LogP contribution < -0.4 is 24.8 Å². The van der Waals surface area contributed by atoms with Gasteiger partial charge in [0.2, 0.25) is 0 Å². The van der Waals surface area contributed by atoms with Crippen LogP contribution in [0.15, 0.2) is 170 Å². The zero-order chi connectivity index (χ0) is 83.0. The largest absolute Gasteiger partial charge is 1.00 e. The molecule has 0 radical (unpaired) electrons. The number of unbranched alkanes of at least 4 members (excludes halogenated alkanes) is 4. The van der Waals surface area contributed by atoms with Crippen LogP contribution in [0.4, 0.5) is 0 Å². The zero-order valence-corrected chi connectivity index (χ0v) is 82.7. The van der Waals surface area contributed by atoms with Gasteiger partial charge in [-0.05, 0) is 78.7 Å². The van der Waals surface area contributed by atoms with Crippen molar-refractivity contribution >= 4 is 6.41 Å². The number of hydrogen-bond donors (Lipinski definition) is 0. The summed E-state index contributed by atoms with van der Waals surface area (Å²) in [4.78, 5) is 0. The van der Waals surface area contributed by atoms with E-state index < -0.39 is 0 Å².